The van der Waals surface area contributed by atoms with Crippen molar-refractivity contribution in [2.24, 2.45) is 0 Å². The summed E-state index contributed by atoms with van der Waals surface area (Å²) < 4.78 is 14.9. The van der Waals surface area contributed by atoms with Crippen LogP contribution in [0.1, 0.15) is 40.5 Å². The summed E-state index contributed by atoms with van der Waals surface area (Å²) in [6, 6.07) is 9.77. The number of nitrogens with zero attached hydrogens (tertiary/aromatic N) is 4. The zero-order valence-electron chi connectivity index (χ0n) is 17.3. The fraction of sp³-hybridized carbons (Fsp3) is 0.125. The molecule has 4 aromatic rings. The van der Waals surface area contributed by atoms with E-state index >= 15 is 0 Å². The van der Waals surface area contributed by atoms with Crippen molar-refractivity contribution in [3.63, 3.8) is 0 Å². The number of fused-ring (bicyclic) bond motifs is 1. The van der Waals surface area contributed by atoms with E-state index in [1.165, 1.54) is 41.2 Å². The number of benzene rings is 2. The minimum atomic E-state index is -0.694. The minimum absolute atomic E-state index is 0.172. The van der Waals surface area contributed by atoms with Crippen LogP contribution in [0.5, 0.6) is 0 Å². The summed E-state index contributed by atoms with van der Waals surface area (Å²) >= 11 is 0. The summed E-state index contributed by atoms with van der Waals surface area (Å²) in [7, 11) is 0. The maximum atomic E-state index is 13.5. The second-order valence-electron chi connectivity index (χ2n) is 7.12. The zero-order chi connectivity index (χ0) is 22.8. The molecule has 0 bridgehead atoms. The van der Waals surface area contributed by atoms with Crippen LogP contribution in [0, 0.1) is 25.1 Å². The Labute approximate surface area is 183 Å². The highest BCUT2D eigenvalue weighted by molar-refractivity contribution is 5.93. The summed E-state index contributed by atoms with van der Waals surface area (Å²) in [5.74, 6) is 1.87. The predicted molar refractivity (Wildman–Crippen MR) is 118 cm³/mol. The molecule has 0 aliphatic carbocycles. The highest BCUT2D eigenvalue weighted by Crippen LogP contribution is 2.20. The van der Waals surface area contributed by atoms with Gasteiger partial charge in [0, 0.05) is 18.0 Å². The summed E-state index contributed by atoms with van der Waals surface area (Å²) in [4.78, 5) is 39.1. The fourth-order valence-corrected chi connectivity index (χ4v) is 3.46. The van der Waals surface area contributed by atoms with E-state index in [9.17, 15) is 14.0 Å². The van der Waals surface area contributed by atoms with Crippen molar-refractivity contribution in [2.45, 2.75) is 19.9 Å². The first-order valence-corrected chi connectivity index (χ1v) is 9.77. The molecule has 1 atom stereocenters. The van der Waals surface area contributed by atoms with Crippen LogP contribution in [0.3, 0.4) is 0 Å². The Morgan fingerprint density at radius 2 is 1.88 bits per heavy atom. The van der Waals surface area contributed by atoms with Crippen molar-refractivity contribution in [2.75, 3.05) is 0 Å². The van der Waals surface area contributed by atoms with E-state index in [0.29, 0.717) is 22.5 Å². The molecule has 0 saturated carbocycles. The molecule has 0 aliphatic rings. The van der Waals surface area contributed by atoms with E-state index in [1.807, 2.05) is 0 Å². The van der Waals surface area contributed by atoms with Gasteiger partial charge in [-0.3, -0.25) is 19.1 Å². The monoisotopic (exact) mass is 427 g/mol. The molecule has 0 fully saturated rings. The molecule has 0 saturated heterocycles. The van der Waals surface area contributed by atoms with Gasteiger partial charge in [-0.15, -0.1) is 6.42 Å². The highest BCUT2D eigenvalue weighted by atomic mass is 19.1. The van der Waals surface area contributed by atoms with Gasteiger partial charge in [-0.25, -0.2) is 14.4 Å². The third-order valence-electron chi connectivity index (χ3n) is 5.00. The van der Waals surface area contributed by atoms with Crippen molar-refractivity contribution in [3.05, 3.63) is 93.8 Å². The van der Waals surface area contributed by atoms with Gasteiger partial charge >= 0.3 is 0 Å². The number of hydrogen-bond acceptors (Lipinski definition) is 5. The number of rotatable bonds is 4. The Kier molecular flexibility index (Phi) is 5.48. The first-order chi connectivity index (χ1) is 15.4. The van der Waals surface area contributed by atoms with E-state index < -0.39 is 23.3 Å². The van der Waals surface area contributed by atoms with Gasteiger partial charge in [0.15, 0.2) is 0 Å². The fourth-order valence-electron chi connectivity index (χ4n) is 3.46. The molecule has 0 aliphatic heterocycles. The van der Waals surface area contributed by atoms with E-state index in [4.69, 9.17) is 6.42 Å². The molecule has 2 aromatic heterocycles. The first-order valence-electron chi connectivity index (χ1n) is 9.77. The number of nitrogens with one attached hydrogen (secondary N) is 1. The van der Waals surface area contributed by atoms with Crippen LogP contribution in [0.25, 0.3) is 16.6 Å². The average Bonchev–Trinajstić information content (AvgIpc) is 2.79. The highest BCUT2D eigenvalue weighted by Gasteiger charge is 2.22. The van der Waals surface area contributed by atoms with E-state index in [1.54, 1.807) is 32.0 Å². The molecular formula is C24H18FN5O2. The van der Waals surface area contributed by atoms with Gasteiger partial charge in [0.2, 0.25) is 0 Å². The van der Waals surface area contributed by atoms with Gasteiger partial charge in [-0.2, -0.15) is 0 Å². The van der Waals surface area contributed by atoms with E-state index in [2.05, 4.69) is 26.2 Å². The molecule has 32 heavy (non-hydrogen) atoms. The Morgan fingerprint density at radius 1 is 1.16 bits per heavy atom. The number of aryl methyl sites for hydroxylation is 1. The molecule has 2 aromatic carbocycles. The van der Waals surface area contributed by atoms with Crippen molar-refractivity contribution in [1.29, 1.82) is 0 Å². The van der Waals surface area contributed by atoms with Crippen LogP contribution < -0.4 is 10.9 Å². The van der Waals surface area contributed by atoms with Crippen molar-refractivity contribution < 1.29 is 9.18 Å². The summed E-state index contributed by atoms with van der Waals surface area (Å²) in [5.41, 5.74) is 1.42. The molecule has 7 nitrogen and oxygen atoms in total. The molecule has 1 N–H and O–H groups in total. The molecule has 0 spiro atoms. The number of aromatic nitrogens is 4. The lowest BCUT2D eigenvalue weighted by Crippen LogP contribution is -2.34. The third kappa shape index (κ3) is 3.72. The number of halogens is 1. The number of hydrogen-bond donors (Lipinski definition) is 1. The summed E-state index contributed by atoms with van der Waals surface area (Å²) in [6.45, 7) is 3.37. The second kappa shape index (κ2) is 8.40. The largest absolute Gasteiger partial charge is 0.341 e. The van der Waals surface area contributed by atoms with Crippen LogP contribution in [-0.4, -0.2) is 25.4 Å². The summed E-state index contributed by atoms with van der Waals surface area (Å²) in [6.07, 6.45) is 8.51. The molecular weight excluding hydrogens is 409 g/mol. The zero-order valence-corrected chi connectivity index (χ0v) is 17.3. The van der Waals surface area contributed by atoms with Crippen LogP contribution in [0.2, 0.25) is 0 Å². The average molecular weight is 427 g/mol. The Morgan fingerprint density at radius 3 is 2.56 bits per heavy atom. The van der Waals surface area contributed by atoms with Gasteiger partial charge in [0.05, 0.1) is 28.3 Å². The minimum Gasteiger partial charge on any atom is -0.341 e. The Bertz CT molecular complexity index is 1440. The van der Waals surface area contributed by atoms with Gasteiger partial charge in [0.25, 0.3) is 11.5 Å². The standard InChI is InChI=1S/C24H18FN5O2/c1-4-16-6-5-7-19-20(16)24(32)30(18-10-8-17(25)9-11-18)22(29-19)15(3)28-23(31)21-14(2)26-12-13-27-21/h1,5-13,15H,2-3H3,(H,28,31)/t15-/m0/s1. The van der Waals surface area contributed by atoms with Crippen molar-refractivity contribution in [1.82, 2.24) is 24.8 Å². The molecule has 0 unspecified atom stereocenters. The lowest BCUT2D eigenvalue weighted by molar-refractivity contribution is 0.0931. The van der Waals surface area contributed by atoms with E-state index in [0.717, 1.165) is 0 Å². The van der Waals surface area contributed by atoms with Gasteiger partial charge in [-0.1, -0.05) is 12.0 Å². The number of carbonyl (C=O) groups is 1. The summed E-state index contributed by atoms with van der Waals surface area (Å²) in [5, 5.41) is 3.09. The van der Waals surface area contributed by atoms with Gasteiger partial charge < -0.3 is 5.32 Å². The molecule has 0 radical (unpaired) electrons. The molecule has 1 amide bonds. The van der Waals surface area contributed by atoms with Crippen molar-refractivity contribution in [3.8, 4) is 18.0 Å². The van der Waals surface area contributed by atoms with Crippen LogP contribution >= 0.6 is 0 Å². The lowest BCUT2D eigenvalue weighted by atomic mass is 10.1. The number of terminal acetylenes is 1. The van der Waals surface area contributed by atoms with Gasteiger partial charge in [0.1, 0.15) is 17.3 Å². The van der Waals surface area contributed by atoms with Gasteiger partial charge in [-0.05, 0) is 50.2 Å². The lowest BCUT2D eigenvalue weighted by Gasteiger charge is -2.20. The van der Waals surface area contributed by atoms with Crippen LogP contribution in [0.15, 0.2) is 59.7 Å². The quantitative estimate of drug-likeness (QED) is 0.506. The molecule has 8 heteroatoms. The molecule has 4 rings (SSSR count). The molecule has 158 valence electrons. The predicted octanol–water partition coefficient (Wildman–Crippen LogP) is 3.10. The Balaban J connectivity index is 1.89. The topological polar surface area (TPSA) is 89.8 Å². The third-order valence-corrected chi connectivity index (χ3v) is 5.00. The Hall–Kier alpha value is -4.38. The maximum Gasteiger partial charge on any atom is 0.272 e. The van der Waals surface area contributed by atoms with Crippen LogP contribution in [0.4, 0.5) is 4.39 Å². The normalized spacial score (nSPS) is 11.7. The van der Waals surface area contributed by atoms with Crippen molar-refractivity contribution >= 4 is 16.8 Å². The number of amides is 1. The maximum absolute atomic E-state index is 13.5. The van der Waals surface area contributed by atoms with Crippen LogP contribution in [-0.2, 0) is 0 Å². The first kappa shape index (κ1) is 20.9. The molecule has 2 heterocycles. The van der Waals surface area contributed by atoms with E-state index in [-0.39, 0.29) is 16.9 Å². The SMILES string of the molecule is C#Cc1cccc2nc([C@H](C)NC(=O)c3nccnc3C)n(-c3ccc(F)cc3)c(=O)c12. The smallest absolute Gasteiger partial charge is 0.272 e. The second-order valence-corrected chi connectivity index (χ2v) is 7.12. The number of carbonyl (C=O) groups excluding carboxylic acids is 1.